The fourth-order valence-electron chi connectivity index (χ4n) is 1.38. The molecule has 1 aromatic rings. The van der Waals surface area contributed by atoms with Crippen molar-refractivity contribution < 1.29 is 5.11 Å². The third-order valence-corrected chi connectivity index (χ3v) is 2.12. The number of rotatable bonds is 4. The molecule has 0 atom stereocenters. The van der Waals surface area contributed by atoms with Gasteiger partial charge in [-0.05, 0) is 24.5 Å². The summed E-state index contributed by atoms with van der Waals surface area (Å²) < 4.78 is 0. The van der Waals surface area contributed by atoms with Crippen LogP contribution >= 0.6 is 0 Å². The maximum absolute atomic E-state index is 9.86. The van der Waals surface area contributed by atoms with E-state index < -0.39 is 0 Å². The van der Waals surface area contributed by atoms with Crippen molar-refractivity contribution in [3.05, 3.63) is 48.6 Å². The van der Waals surface area contributed by atoms with Gasteiger partial charge >= 0.3 is 0 Å². The highest BCUT2D eigenvalue weighted by atomic mass is 16.3. The Morgan fingerprint density at radius 3 is 2.43 bits per heavy atom. The standard InChI is InChI=1S/C12H15NO/c1-3-5-9-7-8-11(13)10(6-4-2)12(9)14/h3-4,7-8,14H,1-2,5-6,13H2. The second kappa shape index (κ2) is 4.51. The van der Waals surface area contributed by atoms with Crippen LogP contribution in [0.15, 0.2) is 37.4 Å². The fourth-order valence-corrected chi connectivity index (χ4v) is 1.38. The first-order chi connectivity index (χ1) is 6.70. The molecular formula is C12H15NO. The van der Waals surface area contributed by atoms with E-state index in [1.54, 1.807) is 18.2 Å². The van der Waals surface area contributed by atoms with Gasteiger partial charge in [-0.1, -0.05) is 18.2 Å². The van der Waals surface area contributed by atoms with Crippen molar-refractivity contribution in [1.82, 2.24) is 0 Å². The summed E-state index contributed by atoms with van der Waals surface area (Å²) in [5.74, 6) is 0.268. The number of hydrogen-bond acceptors (Lipinski definition) is 2. The molecule has 0 heterocycles. The van der Waals surface area contributed by atoms with Crippen LogP contribution in [0, 0.1) is 0 Å². The maximum Gasteiger partial charge on any atom is 0.124 e. The minimum Gasteiger partial charge on any atom is -0.507 e. The van der Waals surface area contributed by atoms with Crippen LogP contribution in [-0.2, 0) is 12.8 Å². The van der Waals surface area contributed by atoms with E-state index in [0.29, 0.717) is 18.5 Å². The van der Waals surface area contributed by atoms with Crippen molar-refractivity contribution in [3.63, 3.8) is 0 Å². The Kier molecular flexibility index (Phi) is 3.35. The molecule has 0 bridgehead atoms. The highest BCUT2D eigenvalue weighted by molar-refractivity contribution is 5.58. The molecule has 0 aliphatic carbocycles. The zero-order valence-corrected chi connectivity index (χ0v) is 8.16. The predicted octanol–water partition coefficient (Wildman–Crippen LogP) is 2.43. The Hall–Kier alpha value is -1.70. The van der Waals surface area contributed by atoms with Crippen LogP contribution < -0.4 is 5.73 Å². The smallest absolute Gasteiger partial charge is 0.124 e. The molecule has 1 rings (SSSR count). The molecule has 0 aliphatic rings. The molecule has 0 saturated carbocycles. The van der Waals surface area contributed by atoms with Crippen molar-refractivity contribution >= 4 is 5.69 Å². The Bertz CT molecular complexity index is 356. The average Bonchev–Trinajstić information content (AvgIpc) is 2.17. The molecule has 0 aliphatic heterocycles. The number of benzene rings is 1. The Morgan fingerprint density at radius 1 is 1.21 bits per heavy atom. The molecule has 2 nitrogen and oxygen atoms in total. The molecule has 14 heavy (non-hydrogen) atoms. The van der Waals surface area contributed by atoms with Crippen molar-refractivity contribution in [2.75, 3.05) is 5.73 Å². The lowest BCUT2D eigenvalue weighted by Crippen LogP contribution is -1.96. The third kappa shape index (κ3) is 1.96. The molecular weight excluding hydrogens is 174 g/mol. The van der Waals surface area contributed by atoms with E-state index in [1.165, 1.54) is 0 Å². The third-order valence-electron chi connectivity index (χ3n) is 2.12. The lowest BCUT2D eigenvalue weighted by Gasteiger charge is -2.09. The second-order valence-electron chi connectivity index (χ2n) is 3.13. The maximum atomic E-state index is 9.86. The molecule has 0 saturated heterocycles. The van der Waals surface area contributed by atoms with Crippen LogP contribution in [0.25, 0.3) is 0 Å². The van der Waals surface area contributed by atoms with E-state index in [1.807, 2.05) is 6.07 Å². The SMILES string of the molecule is C=CCc1ccc(N)c(CC=C)c1O. The molecule has 0 unspecified atom stereocenters. The van der Waals surface area contributed by atoms with Gasteiger partial charge in [0, 0.05) is 11.3 Å². The molecule has 2 heteroatoms. The summed E-state index contributed by atoms with van der Waals surface area (Å²) in [6, 6.07) is 3.62. The summed E-state index contributed by atoms with van der Waals surface area (Å²) in [6.07, 6.45) is 4.71. The first-order valence-corrected chi connectivity index (χ1v) is 4.51. The quantitative estimate of drug-likeness (QED) is 0.564. The number of hydrogen-bond donors (Lipinski definition) is 2. The topological polar surface area (TPSA) is 46.2 Å². The molecule has 0 fully saturated rings. The Labute approximate surface area is 84.4 Å². The zero-order valence-electron chi connectivity index (χ0n) is 8.16. The van der Waals surface area contributed by atoms with Gasteiger partial charge in [0.25, 0.3) is 0 Å². The zero-order chi connectivity index (χ0) is 10.6. The van der Waals surface area contributed by atoms with Gasteiger partial charge in [0.05, 0.1) is 0 Å². The number of phenols is 1. The van der Waals surface area contributed by atoms with Crippen molar-refractivity contribution in [1.29, 1.82) is 0 Å². The van der Waals surface area contributed by atoms with Gasteiger partial charge in [-0.15, -0.1) is 13.2 Å². The van der Waals surface area contributed by atoms with Gasteiger partial charge in [0.1, 0.15) is 5.75 Å². The van der Waals surface area contributed by atoms with E-state index in [0.717, 1.165) is 11.1 Å². The summed E-state index contributed by atoms with van der Waals surface area (Å²) in [5, 5.41) is 9.86. The summed E-state index contributed by atoms with van der Waals surface area (Å²) in [6.45, 7) is 7.26. The monoisotopic (exact) mass is 189 g/mol. The molecule has 0 spiro atoms. The molecule has 74 valence electrons. The summed E-state index contributed by atoms with van der Waals surface area (Å²) in [5.41, 5.74) is 7.95. The van der Waals surface area contributed by atoms with E-state index in [9.17, 15) is 5.11 Å². The first kappa shape index (κ1) is 10.4. The molecule has 3 N–H and O–H groups in total. The van der Waals surface area contributed by atoms with Crippen molar-refractivity contribution in [2.45, 2.75) is 12.8 Å². The van der Waals surface area contributed by atoms with Gasteiger partial charge in [-0.3, -0.25) is 0 Å². The lowest BCUT2D eigenvalue weighted by atomic mass is 10.0. The molecule has 0 amide bonds. The second-order valence-corrected chi connectivity index (χ2v) is 3.13. The van der Waals surface area contributed by atoms with Gasteiger partial charge < -0.3 is 10.8 Å². The van der Waals surface area contributed by atoms with Crippen LogP contribution in [-0.4, -0.2) is 5.11 Å². The highest BCUT2D eigenvalue weighted by Gasteiger charge is 2.08. The van der Waals surface area contributed by atoms with Crippen LogP contribution in [0.1, 0.15) is 11.1 Å². The summed E-state index contributed by atoms with van der Waals surface area (Å²) in [7, 11) is 0. The number of nitrogens with two attached hydrogens (primary N) is 1. The predicted molar refractivity (Wildman–Crippen MR) is 60.3 cm³/mol. The number of phenolic OH excluding ortho intramolecular Hbond substituents is 1. The van der Waals surface area contributed by atoms with Crippen LogP contribution in [0.3, 0.4) is 0 Å². The van der Waals surface area contributed by atoms with Crippen LogP contribution in [0.5, 0.6) is 5.75 Å². The first-order valence-electron chi connectivity index (χ1n) is 4.51. The number of nitrogen functional groups attached to an aromatic ring is 1. The fraction of sp³-hybridized carbons (Fsp3) is 0.167. The van der Waals surface area contributed by atoms with Gasteiger partial charge in [-0.25, -0.2) is 0 Å². The largest absolute Gasteiger partial charge is 0.507 e. The Balaban J connectivity index is 3.17. The van der Waals surface area contributed by atoms with Gasteiger partial charge in [-0.2, -0.15) is 0 Å². The van der Waals surface area contributed by atoms with E-state index >= 15 is 0 Å². The Morgan fingerprint density at radius 2 is 1.86 bits per heavy atom. The minimum absolute atomic E-state index is 0.268. The summed E-state index contributed by atoms with van der Waals surface area (Å²) >= 11 is 0. The van der Waals surface area contributed by atoms with E-state index in [4.69, 9.17) is 5.73 Å². The minimum atomic E-state index is 0.268. The van der Waals surface area contributed by atoms with E-state index in [2.05, 4.69) is 13.2 Å². The molecule has 0 aromatic heterocycles. The average molecular weight is 189 g/mol. The van der Waals surface area contributed by atoms with E-state index in [-0.39, 0.29) is 5.75 Å². The molecule has 1 aromatic carbocycles. The van der Waals surface area contributed by atoms with Crippen molar-refractivity contribution in [3.8, 4) is 5.75 Å². The number of allylic oxidation sites excluding steroid dienone is 2. The lowest BCUT2D eigenvalue weighted by molar-refractivity contribution is 0.464. The normalized spacial score (nSPS) is 9.71. The molecule has 0 radical (unpaired) electrons. The highest BCUT2D eigenvalue weighted by Crippen LogP contribution is 2.28. The van der Waals surface area contributed by atoms with Crippen LogP contribution in [0.2, 0.25) is 0 Å². The van der Waals surface area contributed by atoms with Crippen molar-refractivity contribution in [2.24, 2.45) is 0 Å². The number of anilines is 1. The van der Waals surface area contributed by atoms with Gasteiger partial charge in [0.15, 0.2) is 0 Å². The van der Waals surface area contributed by atoms with Gasteiger partial charge in [0.2, 0.25) is 0 Å². The van der Waals surface area contributed by atoms with Crippen LogP contribution in [0.4, 0.5) is 5.69 Å². The summed E-state index contributed by atoms with van der Waals surface area (Å²) in [4.78, 5) is 0. The number of aromatic hydroxyl groups is 1.